The van der Waals surface area contributed by atoms with Crippen LogP contribution in [-0.2, 0) is 6.54 Å². The molecule has 0 amide bonds. The fraction of sp³-hybridized carbons (Fsp3) is 0.0769. The SMILES string of the molecule is S=C(NCc1ccncc1)Nc1ccccc1Cl. The van der Waals surface area contributed by atoms with Crippen LogP contribution in [0.5, 0.6) is 0 Å². The van der Waals surface area contributed by atoms with Gasteiger partial charge in [0.15, 0.2) is 5.11 Å². The smallest absolute Gasteiger partial charge is 0.171 e. The highest BCUT2D eigenvalue weighted by molar-refractivity contribution is 7.80. The lowest BCUT2D eigenvalue weighted by molar-refractivity contribution is 0.921. The van der Waals surface area contributed by atoms with Crippen molar-refractivity contribution in [1.82, 2.24) is 10.3 Å². The van der Waals surface area contributed by atoms with Gasteiger partial charge >= 0.3 is 0 Å². The third-order valence-corrected chi connectivity index (χ3v) is 2.90. The van der Waals surface area contributed by atoms with Crippen LogP contribution in [-0.4, -0.2) is 10.1 Å². The first-order valence-corrected chi connectivity index (χ1v) is 6.22. The number of hydrogen-bond acceptors (Lipinski definition) is 2. The molecule has 0 radical (unpaired) electrons. The zero-order chi connectivity index (χ0) is 12.8. The van der Waals surface area contributed by atoms with Crippen LogP contribution in [0, 0.1) is 0 Å². The first kappa shape index (κ1) is 12.8. The maximum Gasteiger partial charge on any atom is 0.171 e. The summed E-state index contributed by atoms with van der Waals surface area (Å²) >= 11 is 11.2. The lowest BCUT2D eigenvalue weighted by Gasteiger charge is -2.11. The van der Waals surface area contributed by atoms with Crippen molar-refractivity contribution in [2.24, 2.45) is 0 Å². The maximum atomic E-state index is 6.03. The quantitative estimate of drug-likeness (QED) is 0.845. The van der Waals surface area contributed by atoms with Crippen molar-refractivity contribution in [3.63, 3.8) is 0 Å². The van der Waals surface area contributed by atoms with Crippen molar-refractivity contribution < 1.29 is 0 Å². The molecule has 2 N–H and O–H groups in total. The van der Waals surface area contributed by atoms with Crippen LogP contribution in [0.25, 0.3) is 0 Å². The van der Waals surface area contributed by atoms with Crippen LogP contribution in [0.1, 0.15) is 5.56 Å². The lowest BCUT2D eigenvalue weighted by atomic mass is 10.3. The fourth-order valence-electron chi connectivity index (χ4n) is 1.41. The Labute approximate surface area is 116 Å². The summed E-state index contributed by atoms with van der Waals surface area (Å²) < 4.78 is 0. The molecule has 0 fully saturated rings. The van der Waals surface area contributed by atoms with Gasteiger partial charge in [0.1, 0.15) is 0 Å². The van der Waals surface area contributed by atoms with E-state index in [9.17, 15) is 0 Å². The third kappa shape index (κ3) is 3.68. The lowest BCUT2D eigenvalue weighted by Crippen LogP contribution is -2.27. The van der Waals surface area contributed by atoms with Crippen molar-refractivity contribution in [3.8, 4) is 0 Å². The summed E-state index contributed by atoms with van der Waals surface area (Å²) in [5.74, 6) is 0. The molecule has 18 heavy (non-hydrogen) atoms. The largest absolute Gasteiger partial charge is 0.358 e. The van der Waals surface area contributed by atoms with E-state index in [0.717, 1.165) is 11.3 Å². The number of hydrogen-bond donors (Lipinski definition) is 2. The number of thiocarbonyl (C=S) groups is 1. The van der Waals surface area contributed by atoms with Gasteiger partial charge < -0.3 is 10.6 Å². The van der Waals surface area contributed by atoms with Gasteiger partial charge in [-0.1, -0.05) is 23.7 Å². The van der Waals surface area contributed by atoms with Crippen LogP contribution < -0.4 is 10.6 Å². The van der Waals surface area contributed by atoms with Gasteiger partial charge in [-0.05, 0) is 42.0 Å². The molecule has 0 spiro atoms. The van der Waals surface area contributed by atoms with E-state index in [0.29, 0.717) is 16.7 Å². The van der Waals surface area contributed by atoms with Crippen molar-refractivity contribution in [1.29, 1.82) is 0 Å². The average Bonchev–Trinajstić information content (AvgIpc) is 2.40. The molecule has 0 saturated heterocycles. The second kappa shape index (κ2) is 6.33. The molecule has 5 heteroatoms. The number of para-hydroxylation sites is 1. The van der Waals surface area contributed by atoms with Crippen LogP contribution in [0.15, 0.2) is 48.8 Å². The Morgan fingerprint density at radius 2 is 1.89 bits per heavy atom. The van der Waals surface area contributed by atoms with E-state index in [1.54, 1.807) is 12.4 Å². The number of aromatic nitrogens is 1. The number of nitrogens with zero attached hydrogens (tertiary/aromatic N) is 1. The average molecular weight is 278 g/mol. The summed E-state index contributed by atoms with van der Waals surface area (Å²) in [6.07, 6.45) is 3.50. The van der Waals surface area contributed by atoms with E-state index in [-0.39, 0.29) is 0 Å². The standard InChI is InChI=1S/C13H12ClN3S/c14-11-3-1-2-4-12(11)17-13(18)16-9-10-5-7-15-8-6-10/h1-8H,9H2,(H2,16,17,18). The summed E-state index contributed by atoms with van der Waals surface area (Å²) in [5.41, 5.74) is 1.92. The first-order chi connectivity index (χ1) is 8.75. The Balaban J connectivity index is 1.88. The van der Waals surface area contributed by atoms with E-state index in [4.69, 9.17) is 23.8 Å². The van der Waals surface area contributed by atoms with E-state index in [2.05, 4.69) is 15.6 Å². The highest BCUT2D eigenvalue weighted by atomic mass is 35.5. The zero-order valence-corrected chi connectivity index (χ0v) is 11.1. The Hall–Kier alpha value is -1.65. The van der Waals surface area contributed by atoms with E-state index in [1.807, 2.05) is 36.4 Å². The van der Waals surface area contributed by atoms with E-state index in [1.165, 1.54) is 0 Å². The first-order valence-electron chi connectivity index (χ1n) is 5.44. The van der Waals surface area contributed by atoms with Crippen LogP contribution in [0.2, 0.25) is 5.02 Å². The van der Waals surface area contributed by atoms with E-state index >= 15 is 0 Å². The molecule has 2 aromatic rings. The van der Waals surface area contributed by atoms with Crippen molar-refractivity contribution in [2.45, 2.75) is 6.54 Å². The molecule has 0 saturated carbocycles. The summed E-state index contributed by atoms with van der Waals surface area (Å²) in [4.78, 5) is 3.96. The molecule has 1 aromatic heterocycles. The molecule has 1 aromatic carbocycles. The minimum Gasteiger partial charge on any atom is -0.358 e. The van der Waals surface area contributed by atoms with Gasteiger partial charge in [-0.2, -0.15) is 0 Å². The van der Waals surface area contributed by atoms with Crippen molar-refractivity contribution in [2.75, 3.05) is 5.32 Å². The monoisotopic (exact) mass is 277 g/mol. The number of nitrogens with one attached hydrogen (secondary N) is 2. The van der Waals surface area contributed by atoms with Gasteiger partial charge in [-0.3, -0.25) is 4.98 Å². The van der Waals surface area contributed by atoms with Gasteiger partial charge in [0.2, 0.25) is 0 Å². The molecule has 0 unspecified atom stereocenters. The van der Waals surface area contributed by atoms with Gasteiger partial charge in [0.25, 0.3) is 0 Å². The molecular formula is C13H12ClN3S. The topological polar surface area (TPSA) is 37.0 Å². The summed E-state index contributed by atoms with van der Waals surface area (Å²) in [6.45, 7) is 0.652. The van der Waals surface area contributed by atoms with Crippen molar-refractivity contribution >= 4 is 34.6 Å². The highest BCUT2D eigenvalue weighted by Gasteiger charge is 2.01. The van der Waals surface area contributed by atoms with Gasteiger partial charge in [-0.25, -0.2) is 0 Å². The Morgan fingerprint density at radius 3 is 2.61 bits per heavy atom. The molecule has 0 aliphatic carbocycles. The van der Waals surface area contributed by atoms with Gasteiger partial charge in [0, 0.05) is 18.9 Å². The van der Waals surface area contributed by atoms with Crippen LogP contribution >= 0.6 is 23.8 Å². The summed E-state index contributed by atoms with van der Waals surface area (Å²) in [6, 6.07) is 11.3. The number of halogens is 1. The molecule has 3 nitrogen and oxygen atoms in total. The molecule has 0 aliphatic heterocycles. The Bertz CT molecular complexity index is 531. The normalized spacial score (nSPS) is 9.83. The number of anilines is 1. The molecule has 0 atom stereocenters. The Kier molecular flexibility index (Phi) is 4.50. The Morgan fingerprint density at radius 1 is 1.17 bits per heavy atom. The fourth-order valence-corrected chi connectivity index (χ4v) is 1.78. The number of benzene rings is 1. The van der Waals surface area contributed by atoms with Crippen LogP contribution in [0.4, 0.5) is 5.69 Å². The van der Waals surface area contributed by atoms with Gasteiger partial charge in [0.05, 0.1) is 10.7 Å². The van der Waals surface area contributed by atoms with Gasteiger partial charge in [-0.15, -0.1) is 0 Å². The minimum absolute atomic E-state index is 0.542. The van der Waals surface area contributed by atoms with Crippen LogP contribution in [0.3, 0.4) is 0 Å². The molecule has 0 aliphatic rings. The predicted molar refractivity (Wildman–Crippen MR) is 78.7 cm³/mol. The predicted octanol–water partition coefficient (Wildman–Crippen LogP) is 3.22. The zero-order valence-electron chi connectivity index (χ0n) is 9.56. The van der Waals surface area contributed by atoms with Crippen molar-refractivity contribution in [3.05, 3.63) is 59.4 Å². The number of pyridine rings is 1. The molecule has 2 rings (SSSR count). The number of rotatable bonds is 3. The second-order valence-electron chi connectivity index (χ2n) is 3.64. The third-order valence-electron chi connectivity index (χ3n) is 2.32. The summed E-state index contributed by atoms with van der Waals surface area (Å²) in [7, 11) is 0. The molecule has 92 valence electrons. The highest BCUT2D eigenvalue weighted by Crippen LogP contribution is 2.20. The maximum absolute atomic E-state index is 6.03. The van der Waals surface area contributed by atoms with E-state index < -0.39 is 0 Å². The molecule has 0 bridgehead atoms. The second-order valence-corrected chi connectivity index (χ2v) is 4.46. The summed E-state index contributed by atoms with van der Waals surface area (Å²) in [5, 5.41) is 7.35. The minimum atomic E-state index is 0.542. The molecular weight excluding hydrogens is 266 g/mol. The molecule has 1 heterocycles.